The summed E-state index contributed by atoms with van der Waals surface area (Å²) in [6.07, 6.45) is 2.79. The molecule has 1 aromatic carbocycles. The van der Waals surface area contributed by atoms with Crippen LogP contribution in [-0.2, 0) is 25.6 Å². The molecule has 1 aromatic rings. The van der Waals surface area contributed by atoms with E-state index in [1.807, 2.05) is 50.4 Å². The van der Waals surface area contributed by atoms with Crippen molar-refractivity contribution < 1.29 is 24.3 Å². The Bertz CT molecular complexity index is 760. The number of nitrogens with two attached hydrogens (primary N) is 1. The van der Waals surface area contributed by atoms with Gasteiger partial charge < -0.3 is 26.8 Å². The van der Waals surface area contributed by atoms with Crippen molar-refractivity contribution in [2.45, 2.75) is 51.2 Å². The molecule has 0 spiro atoms. The van der Waals surface area contributed by atoms with E-state index in [1.165, 1.54) is 11.8 Å². The maximum Gasteiger partial charge on any atom is 0.326 e. The number of carbonyl (C=O) groups excluding carboxylic acids is 3. The van der Waals surface area contributed by atoms with Crippen LogP contribution in [0.15, 0.2) is 30.3 Å². The Morgan fingerprint density at radius 3 is 2.25 bits per heavy atom. The number of carboxylic acids is 1. The van der Waals surface area contributed by atoms with Crippen molar-refractivity contribution in [1.82, 2.24) is 16.0 Å². The van der Waals surface area contributed by atoms with Crippen LogP contribution in [0.3, 0.4) is 0 Å². The minimum Gasteiger partial charge on any atom is -0.480 e. The molecule has 178 valence electrons. The molecule has 0 saturated carbocycles. The Kier molecular flexibility index (Phi) is 12.4. The van der Waals surface area contributed by atoms with Gasteiger partial charge in [-0.3, -0.25) is 14.4 Å². The van der Waals surface area contributed by atoms with E-state index in [0.29, 0.717) is 18.6 Å². The monoisotopic (exact) mass is 466 g/mol. The second kappa shape index (κ2) is 14.5. The third kappa shape index (κ3) is 10.6. The van der Waals surface area contributed by atoms with E-state index in [9.17, 15) is 24.3 Å². The molecule has 0 heterocycles. The first-order valence-electron chi connectivity index (χ1n) is 10.5. The van der Waals surface area contributed by atoms with Crippen molar-refractivity contribution >= 4 is 35.5 Å². The number of hydrogen-bond acceptors (Lipinski definition) is 6. The van der Waals surface area contributed by atoms with Crippen molar-refractivity contribution in [2.75, 3.05) is 18.6 Å². The van der Waals surface area contributed by atoms with Crippen molar-refractivity contribution in [1.29, 1.82) is 0 Å². The van der Waals surface area contributed by atoms with E-state index < -0.39 is 41.8 Å². The van der Waals surface area contributed by atoms with Gasteiger partial charge in [0.1, 0.15) is 12.1 Å². The second-order valence-electron chi connectivity index (χ2n) is 7.94. The second-order valence-corrected chi connectivity index (χ2v) is 8.93. The molecule has 1 rings (SSSR count). The number of thioether (sulfide) groups is 1. The Labute approximate surface area is 193 Å². The van der Waals surface area contributed by atoms with E-state index in [-0.39, 0.29) is 18.9 Å². The van der Waals surface area contributed by atoms with Crippen LogP contribution >= 0.6 is 11.8 Å². The molecular weight excluding hydrogens is 432 g/mol. The Morgan fingerprint density at radius 2 is 1.69 bits per heavy atom. The summed E-state index contributed by atoms with van der Waals surface area (Å²) in [7, 11) is 0. The molecule has 0 aliphatic heterocycles. The Morgan fingerprint density at radius 1 is 1.03 bits per heavy atom. The summed E-state index contributed by atoms with van der Waals surface area (Å²) < 4.78 is 0. The van der Waals surface area contributed by atoms with Gasteiger partial charge in [0.2, 0.25) is 17.7 Å². The van der Waals surface area contributed by atoms with Crippen LogP contribution in [0.4, 0.5) is 0 Å². The SMILES string of the molecule is CSCC[C@H](NC(=O)[C@H](CC(C)C)NC(=O)CNC(=O)[C@@H](N)Cc1ccccc1)C(=O)O. The topological polar surface area (TPSA) is 151 Å². The first-order chi connectivity index (χ1) is 15.1. The molecule has 6 N–H and O–H groups in total. The summed E-state index contributed by atoms with van der Waals surface area (Å²) in [5, 5.41) is 16.9. The highest BCUT2D eigenvalue weighted by Crippen LogP contribution is 2.07. The van der Waals surface area contributed by atoms with Crippen LogP contribution in [0.1, 0.15) is 32.3 Å². The maximum atomic E-state index is 12.6. The standard InChI is InChI=1S/C22H34N4O5S/c1-14(2)11-18(21(29)26-17(22(30)31)9-10-32-3)25-19(27)13-24-20(28)16(23)12-15-7-5-4-6-8-15/h4-8,14,16-18H,9-13,23H2,1-3H3,(H,24,28)(H,25,27)(H,26,29)(H,30,31)/t16-,17-,18-/m0/s1. The van der Waals surface area contributed by atoms with Crippen molar-refractivity contribution in [3.63, 3.8) is 0 Å². The van der Waals surface area contributed by atoms with Crippen LogP contribution in [0.2, 0.25) is 0 Å². The lowest BCUT2D eigenvalue weighted by atomic mass is 10.0. The van der Waals surface area contributed by atoms with Gasteiger partial charge in [0.15, 0.2) is 0 Å². The van der Waals surface area contributed by atoms with Crippen molar-refractivity contribution in [2.24, 2.45) is 11.7 Å². The molecule has 3 amide bonds. The summed E-state index contributed by atoms with van der Waals surface area (Å²) in [5.74, 6) is -2.06. The van der Waals surface area contributed by atoms with Crippen LogP contribution < -0.4 is 21.7 Å². The molecule has 0 saturated heterocycles. The number of carboxylic acid groups (broad SMARTS) is 1. The van der Waals surface area contributed by atoms with Gasteiger partial charge in [-0.2, -0.15) is 11.8 Å². The highest BCUT2D eigenvalue weighted by molar-refractivity contribution is 7.98. The van der Waals surface area contributed by atoms with E-state index in [4.69, 9.17) is 5.73 Å². The molecule has 32 heavy (non-hydrogen) atoms. The first kappa shape index (κ1) is 27.4. The number of carbonyl (C=O) groups is 4. The van der Waals surface area contributed by atoms with Gasteiger partial charge in [-0.05, 0) is 42.8 Å². The third-order valence-electron chi connectivity index (χ3n) is 4.64. The molecule has 9 nitrogen and oxygen atoms in total. The van der Waals surface area contributed by atoms with Crippen LogP contribution in [0.5, 0.6) is 0 Å². The molecule has 0 aromatic heterocycles. The summed E-state index contributed by atoms with van der Waals surface area (Å²) in [6.45, 7) is 3.44. The molecule has 0 radical (unpaired) electrons. The average molecular weight is 467 g/mol. The van der Waals surface area contributed by atoms with Gasteiger partial charge in [0.05, 0.1) is 12.6 Å². The van der Waals surface area contributed by atoms with Crippen LogP contribution in [0, 0.1) is 5.92 Å². The minimum atomic E-state index is -1.12. The zero-order valence-corrected chi connectivity index (χ0v) is 19.6. The lowest BCUT2D eigenvalue weighted by molar-refractivity contribution is -0.142. The van der Waals surface area contributed by atoms with Gasteiger partial charge in [-0.15, -0.1) is 0 Å². The highest BCUT2D eigenvalue weighted by Gasteiger charge is 2.27. The zero-order chi connectivity index (χ0) is 24.1. The largest absolute Gasteiger partial charge is 0.480 e. The molecule has 0 bridgehead atoms. The number of benzene rings is 1. The molecular formula is C22H34N4O5S. The number of nitrogens with one attached hydrogen (secondary N) is 3. The minimum absolute atomic E-state index is 0.0782. The molecule has 0 aliphatic carbocycles. The summed E-state index contributed by atoms with van der Waals surface area (Å²) >= 11 is 1.48. The van der Waals surface area contributed by atoms with E-state index in [2.05, 4.69) is 16.0 Å². The molecule has 3 atom stereocenters. The fourth-order valence-electron chi connectivity index (χ4n) is 2.97. The smallest absolute Gasteiger partial charge is 0.326 e. The number of amides is 3. The highest BCUT2D eigenvalue weighted by atomic mass is 32.2. The Hall–Kier alpha value is -2.59. The first-order valence-corrected chi connectivity index (χ1v) is 11.9. The van der Waals surface area contributed by atoms with Crippen LogP contribution in [-0.4, -0.2) is 65.5 Å². The number of hydrogen-bond donors (Lipinski definition) is 5. The van der Waals surface area contributed by atoms with E-state index in [0.717, 1.165) is 5.56 Å². The lowest BCUT2D eigenvalue weighted by Crippen LogP contribution is -2.54. The Balaban J connectivity index is 2.62. The summed E-state index contributed by atoms with van der Waals surface area (Å²) in [5.41, 5.74) is 6.81. The fourth-order valence-corrected chi connectivity index (χ4v) is 3.44. The molecule has 0 unspecified atom stereocenters. The van der Waals surface area contributed by atoms with E-state index in [1.54, 1.807) is 0 Å². The average Bonchev–Trinajstić information content (AvgIpc) is 2.74. The molecule has 0 aliphatic rings. The third-order valence-corrected chi connectivity index (χ3v) is 5.29. The van der Waals surface area contributed by atoms with E-state index >= 15 is 0 Å². The molecule has 0 fully saturated rings. The quantitative estimate of drug-likeness (QED) is 0.268. The molecule has 10 heteroatoms. The summed E-state index contributed by atoms with van der Waals surface area (Å²) in [4.78, 5) is 48.6. The summed E-state index contributed by atoms with van der Waals surface area (Å²) in [6, 6.07) is 6.53. The predicted molar refractivity (Wildman–Crippen MR) is 125 cm³/mol. The fraction of sp³-hybridized carbons (Fsp3) is 0.545. The predicted octanol–water partition coefficient (Wildman–Crippen LogP) is 0.526. The van der Waals surface area contributed by atoms with Crippen molar-refractivity contribution in [3.05, 3.63) is 35.9 Å². The number of rotatable bonds is 14. The van der Waals surface area contributed by atoms with Crippen LogP contribution in [0.25, 0.3) is 0 Å². The van der Waals surface area contributed by atoms with Gasteiger partial charge in [0.25, 0.3) is 0 Å². The zero-order valence-electron chi connectivity index (χ0n) is 18.8. The van der Waals surface area contributed by atoms with Gasteiger partial charge in [-0.25, -0.2) is 4.79 Å². The lowest BCUT2D eigenvalue weighted by Gasteiger charge is -2.23. The van der Waals surface area contributed by atoms with Gasteiger partial charge in [-0.1, -0.05) is 44.2 Å². The number of aliphatic carboxylic acids is 1. The maximum absolute atomic E-state index is 12.6. The van der Waals surface area contributed by atoms with Gasteiger partial charge in [0, 0.05) is 0 Å². The van der Waals surface area contributed by atoms with Gasteiger partial charge >= 0.3 is 5.97 Å². The normalized spacial score (nSPS) is 13.7. The van der Waals surface area contributed by atoms with Crippen molar-refractivity contribution in [3.8, 4) is 0 Å².